The molecule has 1 saturated heterocycles. The lowest BCUT2D eigenvalue weighted by molar-refractivity contribution is -0.148. The van der Waals surface area contributed by atoms with E-state index in [0.29, 0.717) is 12.3 Å². The molecule has 0 aromatic heterocycles. The van der Waals surface area contributed by atoms with Crippen molar-refractivity contribution < 1.29 is 15.0 Å². The lowest BCUT2D eigenvalue weighted by Crippen LogP contribution is -2.34. The van der Waals surface area contributed by atoms with Crippen molar-refractivity contribution in [2.75, 3.05) is 13.1 Å². The third-order valence-corrected chi connectivity index (χ3v) is 4.57. The average molecular weight is 291 g/mol. The quantitative estimate of drug-likeness (QED) is 0.875. The number of carboxylic acids is 1. The largest absolute Gasteiger partial charge is 0.507 e. The van der Waals surface area contributed by atoms with Crippen molar-refractivity contribution in [3.05, 3.63) is 28.8 Å². The molecule has 1 heterocycles. The van der Waals surface area contributed by atoms with Crippen LogP contribution in [0.25, 0.3) is 0 Å². The van der Waals surface area contributed by atoms with Crippen molar-refractivity contribution in [2.45, 2.75) is 46.6 Å². The average Bonchev–Trinajstić information content (AvgIpc) is 2.81. The summed E-state index contributed by atoms with van der Waals surface area (Å²) in [4.78, 5) is 13.8. The van der Waals surface area contributed by atoms with Gasteiger partial charge in [0, 0.05) is 13.1 Å². The first-order valence-corrected chi connectivity index (χ1v) is 7.63. The van der Waals surface area contributed by atoms with Crippen LogP contribution in [-0.4, -0.2) is 34.2 Å². The van der Waals surface area contributed by atoms with Crippen molar-refractivity contribution in [2.24, 2.45) is 5.41 Å². The van der Waals surface area contributed by atoms with Gasteiger partial charge in [-0.3, -0.25) is 9.69 Å². The third-order valence-electron chi connectivity index (χ3n) is 4.57. The Morgan fingerprint density at radius 2 is 1.95 bits per heavy atom. The molecule has 1 aromatic carbocycles. The van der Waals surface area contributed by atoms with Gasteiger partial charge in [-0.05, 0) is 49.9 Å². The molecule has 0 amide bonds. The van der Waals surface area contributed by atoms with Crippen LogP contribution < -0.4 is 0 Å². The van der Waals surface area contributed by atoms with E-state index in [-0.39, 0.29) is 0 Å². The number of carbonyl (C=O) groups is 1. The third kappa shape index (κ3) is 3.21. The highest BCUT2D eigenvalue weighted by Gasteiger charge is 2.43. The maximum atomic E-state index is 11.6. The van der Waals surface area contributed by atoms with E-state index in [2.05, 4.69) is 4.90 Å². The molecule has 1 aliphatic rings. The maximum absolute atomic E-state index is 11.6. The Balaban J connectivity index is 2.10. The maximum Gasteiger partial charge on any atom is 0.310 e. The van der Waals surface area contributed by atoms with Crippen LogP contribution in [0.2, 0.25) is 0 Å². The normalized spacial score (nSPS) is 22.6. The van der Waals surface area contributed by atoms with E-state index in [0.717, 1.165) is 49.0 Å². The standard InChI is InChI=1S/C17H25NO3/c1-4-5-17(16(20)21)6-7-18(11-17)10-14-8-12(2)15(19)13(3)9-14/h8-9,19H,4-7,10-11H2,1-3H3,(H,20,21). The Kier molecular flexibility index (Phi) is 4.57. The molecule has 116 valence electrons. The Morgan fingerprint density at radius 1 is 1.33 bits per heavy atom. The minimum Gasteiger partial charge on any atom is -0.507 e. The fourth-order valence-electron chi connectivity index (χ4n) is 3.45. The second kappa shape index (κ2) is 6.06. The van der Waals surface area contributed by atoms with Gasteiger partial charge in [-0.2, -0.15) is 0 Å². The predicted octanol–water partition coefficient (Wildman–Crippen LogP) is 3.09. The Bertz CT molecular complexity index is 518. The van der Waals surface area contributed by atoms with Crippen molar-refractivity contribution in [1.82, 2.24) is 4.90 Å². The van der Waals surface area contributed by atoms with E-state index in [1.165, 1.54) is 0 Å². The summed E-state index contributed by atoms with van der Waals surface area (Å²) in [5.41, 5.74) is 2.32. The number of likely N-dealkylation sites (tertiary alicyclic amines) is 1. The van der Waals surface area contributed by atoms with Crippen molar-refractivity contribution in [3.63, 3.8) is 0 Å². The first-order chi connectivity index (χ1) is 9.88. The summed E-state index contributed by atoms with van der Waals surface area (Å²) in [6.45, 7) is 8.03. The SMILES string of the molecule is CCCC1(C(=O)O)CCN(Cc2cc(C)c(O)c(C)c2)C1. The Morgan fingerprint density at radius 3 is 2.48 bits per heavy atom. The smallest absolute Gasteiger partial charge is 0.310 e. The van der Waals surface area contributed by atoms with Crippen LogP contribution in [0.4, 0.5) is 0 Å². The van der Waals surface area contributed by atoms with Gasteiger partial charge in [0.25, 0.3) is 0 Å². The van der Waals surface area contributed by atoms with Crippen molar-refractivity contribution in [3.8, 4) is 5.75 Å². The van der Waals surface area contributed by atoms with E-state index in [1.807, 2.05) is 32.9 Å². The number of phenolic OH excluding ortho intramolecular Hbond substituents is 1. The lowest BCUT2D eigenvalue weighted by atomic mass is 9.83. The zero-order valence-corrected chi connectivity index (χ0v) is 13.1. The minimum atomic E-state index is -0.662. The van der Waals surface area contributed by atoms with E-state index in [1.54, 1.807) is 0 Å². The van der Waals surface area contributed by atoms with E-state index >= 15 is 0 Å². The van der Waals surface area contributed by atoms with Gasteiger partial charge in [0.05, 0.1) is 5.41 Å². The van der Waals surface area contributed by atoms with Crippen LogP contribution in [0.5, 0.6) is 5.75 Å². The van der Waals surface area contributed by atoms with Gasteiger partial charge in [-0.25, -0.2) is 0 Å². The minimum absolute atomic E-state index is 0.353. The van der Waals surface area contributed by atoms with Gasteiger partial charge in [0.1, 0.15) is 5.75 Å². The first kappa shape index (κ1) is 15.8. The predicted molar refractivity (Wildman–Crippen MR) is 82.5 cm³/mol. The number of aromatic hydroxyl groups is 1. The Hall–Kier alpha value is -1.55. The number of hydrogen-bond acceptors (Lipinski definition) is 3. The molecule has 0 aliphatic carbocycles. The molecular formula is C17H25NO3. The van der Waals surface area contributed by atoms with Gasteiger partial charge in [-0.1, -0.05) is 25.5 Å². The second-order valence-electron chi connectivity index (χ2n) is 6.37. The molecule has 2 N–H and O–H groups in total. The van der Waals surface area contributed by atoms with Crippen LogP contribution >= 0.6 is 0 Å². The molecule has 0 spiro atoms. The highest BCUT2D eigenvalue weighted by Crippen LogP contribution is 2.36. The molecule has 1 atom stereocenters. The van der Waals surface area contributed by atoms with Crippen molar-refractivity contribution in [1.29, 1.82) is 0 Å². The number of benzene rings is 1. The highest BCUT2D eigenvalue weighted by atomic mass is 16.4. The number of carboxylic acid groups (broad SMARTS) is 1. The fourth-order valence-corrected chi connectivity index (χ4v) is 3.45. The molecule has 0 radical (unpaired) electrons. The van der Waals surface area contributed by atoms with Crippen LogP contribution in [0.15, 0.2) is 12.1 Å². The number of phenols is 1. The summed E-state index contributed by atoms with van der Waals surface area (Å²) in [5.74, 6) is -0.309. The number of hydrogen-bond donors (Lipinski definition) is 2. The van der Waals surface area contributed by atoms with Gasteiger partial charge in [-0.15, -0.1) is 0 Å². The molecule has 0 bridgehead atoms. The summed E-state index contributed by atoms with van der Waals surface area (Å²) in [5, 5.41) is 19.4. The fraction of sp³-hybridized carbons (Fsp3) is 0.588. The number of rotatable bonds is 5. The number of nitrogens with zero attached hydrogens (tertiary/aromatic N) is 1. The number of aliphatic carboxylic acids is 1. The number of aryl methyl sites for hydroxylation is 2. The van der Waals surface area contributed by atoms with Crippen LogP contribution in [0, 0.1) is 19.3 Å². The van der Waals surface area contributed by atoms with Crippen molar-refractivity contribution >= 4 is 5.97 Å². The monoisotopic (exact) mass is 291 g/mol. The van der Waals surface area contributed by atoms with Gasteiger partial charge in [0.15, 0.2) is 0 Å². The summed E-state index contributed by atoms with van der Waals surface area (Å²) >= 11 is 0. The highest BCUT2D eigenvalue weighted by molar-refractivity contribution is 5.75. The van der Waals surface area contributed by atoms with Crippen LogP contribution in [0.1, 0.15) is 42.9 Å². The topological polar surface area (TPSA) is 60.8 Å². The molecular weight excluding hydrogens is 266 g/mol. The Labute approximate surface area is 126 Å². The molecule has 4 nitrogen and oxygen atoms in total. The molecule has 1 unspecified atom stereocenters. The van der Waals surface area contributed by atoms with Crippen LogP contribution in [0.3, 0.4) is 0 Å². The second-order valence-corrected chi connectivity index (χ2v) is 6.37. The molecule has 1 fully saturated rings. The van der Waals surface area contributed by atoms with Gasteiger partial charge >= 0.3 is 5.97 Å². The zero-order chi connectivity index (χ0) is 15.6. The van der Waals surface area contributed by atoms with E-state index in [9.17, 15) is 15.0 Å². The molecule has 1 aromatic rings. The summed E-state index contributed by atoms with van der Waals surface area (Å²) < 4.78 is 0. The lowest BCUT2D eigenvalue weighted by Gasteiger charge is -2.24. The zero-order valence-electron chi connectivity index (χ0n) is 13.1. The molecule has 2 rings (SSSR count). The molecule has 0 saturated carbocycles. The summed E-state index contributed by atoms with van der Waals surface area (Å²) in [6, 6.07) is 3.98. The van der Waals surface area contributed by atoms with Gasteiger partial charge in [0.2, 0.25) is 0 Å². The van der Waals surface area contributed by atoms with Crippen LogP contribution in [-0.2, 0) is 11.3 Å². The summed E-state index contributed by atoms with van der Waals surface area (Å²) in [6.07, 6.45) is 2.37. The van der Waals surface area contributed by atoms with E-state index < -0.39 is 11.4 Å². The summed E-state index contributed by atoms with van der Waals surface area (Å²) in [7, 11) is 0. The van der Waals surface area contributed by atoms with Gasteiger partial charge < -0.3 is 10.2 Å². The van der Waals surface area contributed by atoms with E-state index in [4.69, 9.17) is 0 Å². The molecule has 21 heavy (non-hydrogen) atoms. The first-order valence-electron chi connectivity index (χ1n) is 7.63. The molecule has 4 heteroatoms. The molecule has 1 aliphatic heterocycles.